The summed E-state index contributed by atoms with van der Waals surface area (Å²) < 4.78 is 39.2. The Hall–Kier alpha value is -2.91. The molecule has 4 rings (SSSR count). The molecule has 4 heterocycles. The Balaban J connectivity index is 1.61. The van der Waals surface area contributed by atoms with Gasteiger partial charge in [-0.2, -0.15) is 18.2 Å². The molecule has 0 aromatic carbocycles. The maximum atomic E-state index is 13.1. The van der Waals surface area contributed by atoms with Gasteiger partial charge in [0.05, 0.1) is 11.3 Å². The third-order valence-corrected chi connectivity index (χ3v) is 5.83. The summed E-state index contributed by atoms with van der Waals surface area (Å²) in [6.45, 7) is 4.61. The summed E-state index contributed by atoms with van der Waals surface area (Å²) in [5.41, 5.74) is 0.0743. The highest BCUT2D eigenvalue weighted by molar-refractivity contribution is 5.73. The van der Waals surface area contributed by atoms with Gasteiger partial charge >= 0.3 is 6.18 Å². The second kappa shape index (κ2) is 8.68. The summed E-state index contributed by atoms with van der Waals surface area (Å²) in [6, 6.07) is 3.70. The minimum absolute atomic E-state index is 0.0665. The third kappa shape index (κ3) is 5.05. The van der Waals surface area contributed by atoms with Crippen LogP contribution in [0.15, 0.2) is 24.4 Å². The summed E-state index contributed by atoms with van der Waals surface area (Å²) in [5.74, 6) is 1.32. The number of nitrogens with one attached hydrogen (secondary N) is 1. The van der Waals surface area contributed by atoms with Crippen molar-refractivity contribution in [3.05, 3.63) is 35.7 Å². The van der Waals surface area contributed by atoms with Crippen molar-refractivity contribution in [2.24, 2.45) is 0 Å². The van der Waals surface area contributed by atoms with Crippen LogP contribution in [0.5, 0.6) is 0 Å². The van der Waals surface area contributed by atoms with E-state index in [1.165, 1.54) is 0 Å². The minimum atomic E-state index is -4.44. The number of pyridine rings is 1. The molecule has 31 heavy (non-hydrogen) atoms. The fourth-order valence-electron chi connectivity index (χ4n) is 4.08. The van der Waals surface area contributed by atoms with Crippen LogP contribution in [0.3, 0.4) is 0 Å². The molecule has 2 aromatic heterocycles. The van der Waals surface area contributed by atoms with E-state index in [9.17, 15) is 18.0 Å². The monoisotopic (exact) mass is 434 g/mol. The molecule has 0 aliphatic carbocycles. The first-order valence-electron chi connectivity index (χ1n) is 10.5. The molecule has 10 heteroatoms. The number of amides is 1. The van der Waals surface area contributed by atoms with Crippen molar-refractivity contribution in [3.8, 4) is 0 Å². The van der Waals surface area contributed by atoms with E-state index in [1.807, 2.05) is 4.90 Å². The van der Waals surface area contributed by atoms with E-state index >= 15 is 0 Å². The molecule has 1 amide bonds. The predicted molar refractivity (Wildman–Crippen MR) is 110 cm³/mol. The molecular weight excluding hydrogens is 409 g/mol. The van der Waals surface area contributed by atoms with Gasteiger partial charge in [0.2, 0.25) is 11.9 Å². The van der Waals surface area contributed by atoms with Gasteiger partial charge in [0.1, 0.15) is 11.6 Å². The molecule has 7 nitrogen and oxygen atoms in total. The molecule has 2 aromatic rings. The number of aromatic nitrogens is 3. The van der Waals surface area contributed by atoms with Crippen molar-refractivity contribution >= 4 is 23.5 Å². The zero-order chi connectivity index (χ0) is 22.0. The van der Waals surface area contributed by atoms with E-state index in [0.717, 1.165) is 62.8 Å². The number of anilines is 3. The minimum Gasteiger partial charge on any atom is -0.343 e. The van der Waals surface area contributed by atoms with Crippen molar-refractivity contribution in [1.29, 1.82) is 0 Å². The number of nitrogens with zero attached hydrogens (tertiary/aromatic N) is 5. The van der Waals surface area contributed by atoms with Crippen LogP contribution in [-0.2, 0) is 11.0 Å². The average Bonchev–Trinajstić information content (AvgIpc) is 3.28. The van der Waals surface area contributed by atoms with E-state index in [4.69, 9.17) is 4.98 Å². The third-order valence-electron chi connectivity index (χ3n) is 5.83. The summed E-state index contributed by atoms with van der Waals surface area (Å²) in [5, 5.41) is 2.93. The highest BCUT2D eigenvalue weighted by atomic mass is 19.4. The number of likely N-dealkylation sites (tertiary alicyclic amines) is 1. The van der Waals surface area contributed by atoms with Crippen LogP contribution in [0.1, 0.15) is 49.8 Å². The molecule has 2 saturated heterocycles. The van der Waals surface area contributed by atoms with Crippen LogP contribution in [0.25, 0.3) is 0 Å². The Bertz CT molecular complexity index is 937. The quantitative estimate of drug-likeness (QED) is 0.785. The number of hydrogen-bond acceptors (Lipinski definition) is 6. The molecule has 0 radical (unpaired) electrons. The van der Waals surface area contributed by atoms with Gasteiger partial charge in [-0.25, -0.2) is 9.97 Å². The lowest BCUT2D eigenvalue weighted by atomic mass is 9.93. The molecule has 1 N–H and O–H groups in total. The number of alkyl halides is 3. The molecule has 166 valence electrons. The van der Waals surface area contributed by atoms with Crippen molar-refractivity contribution in [3.63, 3.8) is 0 Å². The van der Waals surface area contributed by atoms with Gasteiger partial charge < -0.3 is 15.1 Å². The second-order valence-electron chi connectivity index (χ2n) is 8.01. The van der Waals surface area contributed by atoms with E-state index in [0.29, 0.717) is 24.9 Å². The van der Waals surface area contributed by atoms with Crippen molar-refractivity contribution in [1.82, 2.24) is 19.9 Å². The summed E-state index contributed by atoms with van der Waals surface area (Å²) >= 11 is 0. The zero-order valence-corrected chi connectivity index (χ0v) is 17.3. The zero-order valence-electron chi connectivity index (χ0n) is 17.3. The summed E-state index contributed by atoms with van der Waals surface area (Å²) in [7, 11) is 0. The van der Waals surface area contributed by atoms with Gasteiger partial charge in [-0.1, -0.05) is 0 Å². The SMILES string of the molecule is CC(=O)N1CCC(c2cc(Nc3cc(C(F)(F)F)ccn3)nc(N3CCCC3)n2)CC1. The van der Waals surface area contributed by atoms with Crippen LogP contribution >= 0.6 is 0 Å². The Morgan fingerprint density at radius 2 is 1.77 bits per heavy atom. The molecule has 2 aliphatic heterocycles. The summed E-state index contributed by atoms with van der Waals surface area (Å²) in [6.07, 6.45) is 0.382. The normalized spacial score (nSPS) is 17.8. The average molecular weight is 434 g/mol. The molecule has 0 atom stereocenters. The standard InChI is InChI=1S/C21H25F3N6O/c1-14(31)29-10-5-15(6-11-29)17-13-19(28-20(26-17)30-8-2-3-9-30)27-18-12-16(4-7-25-18)21(22,23)24/h4,7,12-13,15H,2-3,5-6,8-11H2,1H3,(H,25,26,27,28). The molecule has 0 unspecified atom stereocenters. The Morgan fingerprint density at radius 1 is 1.06 bits per heavy atom. The lowest BCUT2D eigenvalue weighted by Crippen LogP contribution is -2.36. The fraction of sp³-hybridized carbons (Fsp3) is 0.524. The molecule has 0 bridgehead atoms. The van der Waals surface area contributed by atoms with Gasteiger partial charge in [-0.05, 0) is 37.8 Å². The van der Waals surface area contributed by atoms with Crippen LogP contribution in [0.4, 0.5) is 30.8 Å². The van der Waals surface area contributed by atoms with Gasteiger partial charge in [-0.3, -0.25) is 4.79 Å². The predicted octanol–water partition coefficient (Wildman–Crippen LogP) is 3.96. The number of carbonyl (C=O) groups is 1. The van der Waals surface area contributed by atoms with Crippen molar-refractivity contribution in [2.45, 2.75) is 44.7 Å². The largest absolute Gasteiger partial charge is 0.416 e. The summed E-state index contributed by atoms with van der Waals surface area (Å²) in [4.78, 5) is 28.9. The molecule has 0 saturated carbocycles. The number of halogens is 3. The van der Waals surface area contributed by atoms with Crippen LogP contribution < -0.4 is 10.2 Å². The van der Waals surface area contributed by atoms with Crippen LogP contribution in [-0.4, -0.2) is 51.9 Å². The van der Waals surface area contributed by atoms with E-state index in [2.05, 4.69) is 20.2 Å². The maximum Gasteiger partial charge on any atom is 0.416 e. The van der Waals surface area contributed by atoms with Crippen molar-refractivity contribution in [2.75, 3.05) is 36.4 Å². The lowest BCUT2D eigenvalue weighted by molar-refractivity contribution is -0.137. The first kappa shape index (κ1) is 21.3. The highest BCUT2D eigenvalue weighted by Crippen LogP contribution is 2.32. The lowest BCUT2D eigenvalue weighted by Gasteiger charge is -2.31. The number of rotatable bonds is 4. The van der Waals surface area contributed by atoms with Gasteiger partial charge in [0, 0.05) is 51.3 Å². The Kier molecular flexibility index (Phi) is 5.97. The fourth-order valence-corrected chi connectivity index (χ4v) is 4.08. The van der Waals surface area contributed by atoms with Crippen molar-refractivity contribution < 1.29 is 18.0 Å². The number of hydrogen-bond donors (Lipinski definition) is 1. The second-order valence-corrected chi connectivity index (χ2v) is 8.01. The first-order valence-corrected chi connectivity index (χ1v) is 10.5. The maximum absolute atomic E-state index is 13.1. The molecule has 2 aliphatic rings. The number of carbonyl (C=O) groups excluding carboxylic acids is 1. The van der Waals surface area contributed by atoms with Crippen LogP contribution in [0.2, 0.25) is 0 Å². The Labute approximate surface area is 178 Å². The highest BCUT2D eigenvalue weighted by Gasteiger charge is 2.31. The van der Waals surface area contributed by atoms with Gasteiger partial charge in [0.15, 0.2) is 0 Å². The number of piperidine rings is 1. The van der Waals surface area contributed by atoms with E-state index < -0.39 is 11.7 Å². The van der Waals surface area contributed by atoms with E-state index in [1.54, 1.807) is 13.0 Å². The van der Waals surface area contributed by atoms with Crippen LogP contribution in [0, 0.1) is 0 Å². The topological polar surface area (TPSA) is 74.2 Å². The molecule has 0 spiro atoms. The molecule has 2 fully saturated rings. The first-order chi connectivity index (χ1) is 14.8. The van der Waals surface area contributed by atoms with Gasteiger partial charge in [-0.15, -0.1) is 0 Å². The molecular formula is C21H25F3N6O. The Morgan fingerprint density at radius 3 is 2.42 bits per heavy atom. The van der Waals surface area contributed by atoms with E-state index in [-0.39, 0.29) is 17.6 Å². The van der Waals surface area contributed by atoms with Gasteiger partial charge in [0.25, 0.3) is 0 Å². The smallest absolute Gasteiger partial charge is 0.343 e.